The average Bonchev–Trinajstić information content (AvgIpc) is 2.62. The summed E-state index contributed by atoms with van der Waals surface area (Å²) in [6.07, 6.45) is 0.734. The fourth-order valence-corrected chi connectivity index (χ4v) is 2.71. The molecule has 138 valence electrons. The fourth-order valence-electron chi connectivity index (χ4n) is 2.29. The molecule has 0 aliphatic rings. The van der Waals surface area contributed by atoms with E-state index in [0.29, 0.717) is 22.0 Å². The zero-order valence-corrected chi connectivity index (χ0v) is 15.8. The molecule has 4 nitrogen and oxygen atoms in total. The summed E-state index contributed by atoms with van der Waals surface area (Å²) in [6.45, 7) is 2.16. The van der Waals surface area contributed by atoms with Crippen LogP contribution in [-0.4, -0.2) is 24.9 Å². The van der Waals surface area contributed by atoms with Crippen molar-refractivity contribution >= 4 is 35.0 Å². The van der Waals surface area contributed by atoms with Crippen LogP contribution in [0, 0.1) is 12.7 Å². The van der Waals surface area contributed by atoms with Gasteiger partial charge in [-0.3, -0.25) is 9.59 Å². The van der Waals surface area contributed by atoms with E-state index in [0.717, 1.165) is 5.56 Å². The monoisotopic (exact) mass is 396 g/mol. The van der Waals surface area contributed by atoms with Gasteiger partial charge in [0.25, 0.3) is 5.91 Å². The molecule has 0 aromatic heterocycles. The van der Waals surface area contributed by atoms with Crippen LogP contribution in [0.3, 0.4) is 0 Å². The third-order valence-corrected chi connectivity index (χ3v) is 4.68. The van der Waals surface area contributed by atoms with Gasteiger partial charge in [0, 0.05) is 25.1 Å². The Morgan fingerprint density at radius 1 is 1.08 bits per heavy atom. The second kappa shape index (κ2) is 9.55. The molecule has 2 amide bonds. The second-order valence-electron chi connectivity index (χ2n) is 5.78. The summed E-state index contributed by atoms with van der Waals surface area (Å²) < 4.78 is 13.5. The summed E-state index contributed by atoms with van der Waals surface area (Å²) in [5.41, 5.74) is 1.53. The molecule has 0 fully saturated rings. The molecular formula is C19H19Cl2FN2O2. The summed E-state index contributed by atoms with van der Waals surface area (Å²) in [6, 6.07) is 9.59. The number of amides is 2. The van der Waals surface area contributed by atoms with Crippen LogP contribution in [-0.2, 0) is 11.2 Å². The maximum absolute atomic E-state index is 13.5. The first kappa shape index (κ1) is 20.2. The van der Waals surface area contributed by atoms with Gasteiger partial charge in [-0.15, -0.1) is 0 Å². The Labute approximate surface area is 161 Å². The number of hydrogen-bond donors (Lipinski definition) is 2. The molecule has 2 aromatic rings. The van der Waals surface area contributed by atoms with Crippen LogP contribution in [0.1, 0.15) is 27.9 Å². The SMILES string of the molecule is Cc1ccc(C(=O)NCCNC(=O)CCc2cccc(Cl)c2Cl)cc1F. The second-order valence-corrected chi connectivity index (χ2v) is 6.57. The molecule has 0 atom stereocenters. The number of nitrogens with one attached hydrogen (secondary N) is 2. The largest absolute Gasteiger partial charge is 0.354 e. The minimum absolute atomic E-state index is 0.156. The predicted molar refractivity (Wildman–Crippen MR) is 101 cm³/mol. The average molecular weight is 397 g/mol. The summed E-state index contributed by atoms with van der Waals surface area (Å²) in [4.78, 5) is 23.8. The van der Waals surface area contributed by atoms with E-state index in [9.17, 15) is 14.0 Å². The Bertz CT molecular complexity index is 812. The summed E-state index contributed by atoms with van der Waals surface area (Å²) in [5.74, 6) is -0.967. The highest BCUT2D eigenvalue weighted by Gasteiger charge is 2.09. The van der Waals surface area contributed by atoms with Gasteiger partial charge in [0.2, 0.25) is 5.91 Å². The van der Waals surface area contributed by atoms with Crippen LogP contribution in [0.4, 0.5) is 4.39 Å². The van der Waals surface area contributed by atoms with Gasteiger partial charge in [0.05, 0.1) is 10.0 Å². The van der Waals surface area contributed by atoms with Crippen molar-refractivity contribution in [3.05, 3.63) is 69.0 Å². The van der Waals surface area contributed by atoms with Crippen molar-refractivity contribution in [3.8, 4) is 0 Å². The number of hydrogen-bond acceptors (Lipinski definition) is 2. The van der Waals surface area contributed by atoms with E-state index in [4.69, 9.17) is 23.2 Å². The molecule has 0 saturated carbocycles. The molecule has 0 heterocycles. The number of rotatable bonds is 7. The molecule has 7 heteroatoms. The molecular weight excluding hydrogens is 378 g/mol. The van der Waals surface area contributed by atoms with E-state index in [-0.39, 0.29) is 36.9 Å². The maximum Gasteiger partial charge on any atom is 0.251 e. The van der Waals surface area contributed by atoms with Gasteiger partial charge in [-0.05, 0) is 42.7 Å². The smallest absolute Gasteiger partial charge is 0.251 e. The zero-order valence-electron chi connectivity index (χ0n) is 14.2. The first-order chi connectivity index (χ1) is 12.4. The van der Waals surface area contributed by atoms with E-state index in [2.05, 4.69) is 10.6 Å². The van der Waals surface area contributed by atoms with E-state index >= 15 is 0 Å². The molecule has 2 N–H and O–H groups in total. The van der Waals surface area contributed by atoms with Crippen molar-refractivity contribution in [1.29, 1.82) is 0 Å². The van der Waals surface area contributed by atoms with Crippen molar-refractivity contribution in [2.24, 2.45) is 0 Å². The molecule has 0 aliphatic carbocycles. The van der Waals surface area contributed by atoms with Gasteiger partial charge >= 0.3 is 0 Å². The predicted octanol–water partition coefficient (Wildman–Crippen LogP) is 3.92. The van der Waals surface area contributed by atoms with Crippen molar-refractivity contribution in [1.82, 2.24) is 10.6 Å². The maximum atomic E-state index is 13.5. The van der Waals surface area contributed by atoms with E-state index in [1.165, 1.54) is 6.07 Å². The number of halogens is 3. The zero-order chi connectivity index (χ0) is 19.1. The Morgan fingerprint density at radius 2 is 1.81 bits per heavy atom. The highest BCUT2D eigenvalue weighted by molar-refractivity contribution is 6.42. The summed E-state index contributed by atoms with van der Waals surface area (Å²) in [7, 11) is 0. The molecule has 2 aromatic carbocycles. The van der Waals surface area contributed by atoms with Gasteiger partial charge in [-0.25, -0.2) is 4.39 Å². The topological polar surface area (TPSA) is 58.2 Å². The lowest BCUT2D eigenvalue weighted by Gasteiger charge is -2.09. The van der Waals surface area contributed by atoms with Crippen LogP contribution in [0.25, 0.3) is 0 Å². The third kappa shape index (κ3) is 5.71. The van der Waals surface area contributed by atoms with Crippen LogP contribution in [0.15, 0.2) is 36.4 Å². The highest BCUT2D eigenvalue weighted by atomic mass is 35.5. The number of carbonyl (C=O) groups is 2. The van der Waals surface area contributed by atoms with Crippen LogP contribution in [0.2, 0.25) is 10.0 Å². The molecule has 0 bridgehead atoms. The lowest BCUT2D eigenvalue weighted by molar-refractivity contribution is -0.121. The standard InChI is InChI=1S/C19H19Cl2FN2O2/c1-12-5-6-14(11-16(12)22)19(26)24-10-9-23-17(25)8-7-13-3-2-4-15(20)18(13)21/h2-6,11H,7-10H2,1H3,(H,23,25)(H,24,26). The molecule has 0 radical (unpaired) electrons. The van der Waals surface area contributed by atoms with Crippen molar-refractivity contribution in [2.45, 2.75) is 19.8 Å². The molecule has 0 aliphatic heterocycles. The fraction of sp³-hybridized carbons (Fsp3) is 0.263. The Balaban J connectivity index is 1.70. The van der Waals surface area contributed by atoms with E-state index in [1.807, 2.05) is 6.07 Å². The quantitative estimate of drug-likeness (QED) is 0.696. The third-order valence-electron chi connectivity index (χ3n) is 3.82. The first-order valence-electron chi connectivity index (χ1n) is 8.12. The highest BCUT2D eigenvalue weighted by Crippen LogP contribution is 2.26. The van der Waals surface area contributed by atoms with Crippen LogP contribution < -0.4 is 10.6 Å². The normalized spacial score (nSPS) is 10.5. The minimum atomic E-state index is -0.425. The Hall–Kier alpha value is -2.11. The van der Waals surface area contributed by atoms with Gasteiger partial charge in [-0.1, -0.05) is 41.4 Å². The lowest BCUT2D eigenvalue weighted by atomic mass is 10.1. The minimum Gasteiger partial charge on any atom is -0.354 e. The van der Waals surface area contributed by atoms with Gasteiger partial charge in [0.1, 0.15) is 5.82 Å². The Kier molecular flexibility index (Phi) is 7.42. The molecule has 2 rings (SSSR count). The van der Waals surface area contributed by atoms with Gasteiger partial charge in [0.15, 0.2) is 0 Å². The molecule has 0 saturated heterocycles. The van der Waals surface area contributed by atoms with Gasteiger partial charge in [-0.2, -0.15) is 0 Å². The Morgan fingerprint density at radius 3 is 2.54 bits per heavy atom. The van der Waals surface area contributed by atoms with E-state index < -0.39 is 5.82 Å². The number of aryl methyl sites for hydroxylation is 2. The summed E-state index contributed by atoms with van der Waals surface area (Å²) >= 11 is 12.0. The van der Waals surface area contributed by atoms with Crippen LogP contribution in [0.5, 0.6) is 0 Å². The molecule has 26 heavy (non-hydrogen) atoms. The van der Waals surface area contributed by atoms with Crippen molar-refractivity contribution in [2.75, 3.05) is 13.1 Å². The van der Waals surface area contributed by atoms with Crippen LogP contribution >= 0.6 is 23.2 Å². The summed E-state index contributed by atoms with van der Waals surface area (Å²) in [5, 5.41) is 6.26. The lowest BCUT2D eigenvalue weighted by Crippen LogP contribution is -2.34. The van der Waals surface area contributed by atoms with Gasteiger partial charge < -0.3 is 10.6 Å². The molecule has 0 spiro atoms. The number of benzene rings is 2. The number of carbonyl (C=O) groups excluding carboxylic acids is 2. The van der Waals surface area contributed by atoms with Crippen molar-refractivity contribution in [3.63, 3.8) is 0 Å². The first-order valence-corrected chi connectivity index (χ1v) is 8.88. The molecule has 0 unspecified atom stereocenters. The van der Waals surface area contributed by atoms with E-state index in [1.54, 1.807) is 31.2 Å². The van der Waals surface area contributed by atoms with Crippen molar-refractivity contribution < 1.29 is 14.0 Å².